The predicted octanol–water partition coefficient (Wildman–Crippen LogP) is 2.29. The normalized spacial score (nSPS) is 13.4. The van der Waals surface area contributed by atoms with E-state index in [0.717, 1.165) is 25.9 Å². The van der Waals surface area contributed by atoms with Crippen LogP contribution >= 0.6 is 0 Å². The molecule has 1 aliphatic rings. The zero-order valence-corrected chi connectivity index (χ0v) is 14.6. The third-order valence-electron chi connectivity index (χ3n) is 4.09. The van der Waals surface area contributed by atoms with Crippen molar-refractivity contribution in [1.82, 2.24) is 5.16 Å². The third kappa shape index (κ3) is 4.40. The molecule has 0 saturated carbocycles. The van der Waals surface area contributed by atoms with E-state index in [-0.39, 0.29) is 17.1 Å². The van der Waals surface area contributed by atoms with Gasteiger partial charge in [-0.3, -0.25) is 14.9 Å². The number of hydrogen-bond donors (Lipinski definition) is 1. The monoisotopic (exact) mass is 374 g/mol. The van der Waals surface area contributed by atoms with Gasteiger partial charge in [-0.25, -0.2) is 4.79 Å². The van der Waals surface area contributed by atoms with Crippen LogP contribution in [0, 0.1) is 17.0 Å². The molecule has 2 aromatic rings. The number of nitro groups is 1. The number of anilines is 2. The summed E-state index contributed by atoms with van der Waals surface area (Å²) in [5, 5.41) is 17.1. The van der Waals surface area contributed by atoms with Gasteiger partial charge in [-0.05, 0) is 25.8 Å². The van der Waals surface area contributed by atoms with Crippen molar-refractivity contribution < 1.29 is 23.8 Å². The van der Waals surface area contributed by atoms with E-state index in [9.17, 15) is 19.7 Å². The Morgan fingerprint density at radius 3 is 2.70 bits per heavy atom. The molecule has 0 spiro atoms. The van der Waals surface area contributed by atoms with Gasteiger partial charge >= 0.3 is 5.97 Å². The van der Waals surface area contributed by atoms with E-state index >= 15 is 0 Å². The van der Waals surface area contributed by atoms with E-state index in [4.69, 9.17) is 9.26 Å². The van der Waals surface area contributed by atoms with Gasteiger partial charge in [0.1, 0.15) is 5.76 Å². The second-order valence-electron chi connectivity index (χ2n) is 6.10. The molecular weight excluding hydrogens is 356 g/mol. The highest BCUT2D eigenvalue weighted by Gasteiger charge is 2.24. The van der Waals surface area contributed by atoms with Gasteiger partial charge in [-0.1, -0.05) is 5.16 Å². The fourth-order valence-electron chi connectivity index (χ4n) is 2.85. The van der Waals surface area contributed by atoms with Crippen molar-refractivity contribution in [3.63, 3.8) is 0 Å². The number of non-ortho nitro benzene ring substituents is 1. The molecule has 0 atom stereocenters. The fourth-order valence-corrected chi connectivity index (χ4v) is 2.85. The Kier molecular flexibility index (Phi) is 5.34. The molecular formula is C17H18N4O6. The highest BCUT2D eigenvalue weighted by Crippen LogP contribution is 2.29. The number of nitro benzene ring substituents is 1. The summed E-state index contributed by atoms with van der Waals surface area (Å²) in [6, 6.07) is 5.59. The number of carbonyl (C=O) groups excluding carboxylic acids is 2. The summed E-state index contributed by atoms with van der Waals surface area (Å²) in [7, 11) is 0. The number of ether oxygens (including phenoxy) is 1. The Morgan fingerprint density at radius 1 is 1.33 bits per heavy atom. The van der Waals surface area contributed by atoms with Gasteiger partial charge in [0.15, 0.2) is 12.4 Å². The molecule has 1 saturated heterocycles. The first-order valence-corrected chi connectivity index (χ1v) is 8.38. The van der Waals surface area contributed by atoms with Crippen LogP contribution in [-0.4, -0.2) is 41.7 Å². The zero-order valence-electron chi connectivity index (χ0n) is 14.6. The molecule has 0 unspecified atom stereocenters. The molecule has 0 aliphatic carbocycles. The van der Waals surface area contributed by atoms with Gasteiger partial charge in [0.05, 0.1) is 16.2 Å². The number of benzene rings is 1. The standard InChI is InChI=1S/C17H18N4O6/c1-11-8-15(19-27-11)18-16(22)10-26-17(23)13-9-12(21(24)25)4-5-14(13)20-6-2-3-7-20/h4-5,8-9H,2-3,6-7,10H2,1H3,(H,18,19,22). The maximum Gasteiger partial charge on any atom is 0.341 e. The van der Waals surface area contributed by atoms with Crippen LogP contribution < -0.4 is 10.2 Å². The van der Waals surface area contributed by atoms with Crippen LogP contribution in [-0.2, 0) is 9.53 Å². The van der Waals surface area contributed by atoms with Gasteiger partial charge in [0.2, 0.25) is 0 Å². The van der Waals surface area contributed by atoms with Gasteiger partial charge in [-0.15, -0.1) is 0 Å². The number of carbonyl (C=O) groups is 2. The fraction of sp³-hybridized carbons (Fsp3) is 0.353. The Morgan fingerprint density at radius 2 is 2.07 bits per heavy atom. The first-order valence-electron chi connectivity index (χ1n) is 8.38. The lowest BCUT2D eigenvalue weighted by Gasteiger charge is -2.20. The molecule has 0 radical (unpaired) electrons. The minimum Gasteiger partial charge on any atom is -0.452 e. The summed E-state index contributed by atoms with van der Waals surface area (Å²) in [6.07, 6.45) is 1.95. The Hall–Kier alpha value is -3.43. The summed E-state index contributed by atoms with van der Waals surface area (Å²) in [5.74, 6) is -0.660. The topological polar surface area (TPSA) is 128 Å². The summed E-state index contributed by atoms with van der Waals surface area (Å²) >= 11 is 0. The number of amides is 1. The van der Waals surface area contributed by atoms with Gasteiger partial charge in [0.25, 0.3) is 11.6 Å². The lowest BCUT2D eigenvalue weighted by atomic mass is 10.1. The second-order valence-corrected chi connectivity index (χ2v) is 6.10. The average molecular weight is 374 g/mol. The molecule has 3 rings (SSSR count). The van der Waals surface area contributed by atoms with E-state index in [0.29, 0.717) is 11.4 Å². The van der Waals surface area contributed by atoms with Crippen molar-refractivity contribution in [3.8, 4) is 0 Å². The zero-order chi connectivity index (χ0) is 19.4. The van der Waals surface area contributed by atoms with E-state index < -0.39 is 23.4 Å². The number of aryl methyl sites for hydroxylation is 1. The maximum atomic E-state index is 12.5. The summed E-state index contributed by atoms with van der Waals surface area (Å²) in [4.78, 5) is 36.8. The minimum absolute atomic E-state index is 0.0659. The molecule has 142 valence electrons. The summed E-state index contributed by atoms with van der Waals surface area (Å²) < 4.78 is 9.87. The third-order valence-corrected chi connectivity index (χ3v) is 4.09. The largest absolute Gasteiger partial charge is 0.452 e. The Bertz CT molecular complexity index is 872. The highest BCUT2D eigenvalue weighted by atomic mass is 16.6. The summed E-state index contributed by atoms with van der Waals surface area (Å²) in [5.41, 5.74) is 0.416. The van der Waals surface area contributed by atoms with Gasteiger partial charge in [0, 0.05) is 31.3 Å². The molecule has 0 bridgehead atoms. The van der Waals surface area contributed by atoms with Crippen LogP contribution in [0.4, 0.5) is 17.2 Å². The molecule has 10 nitrogen and oxygen atoms in total. The van der Waals surface area contributed by atoms with E-state index in [1.54, 1.807) is 6.92 Å². The van der Waals surface area contributed by atoms with E-state index in [2.05, 4.69) is 10.5 Å². The quantitative estimate of drug-likeness (QED) is 0.463. The van der Waals surface area contributed by atoms with Crippen molar-refractivity contribution in [2.75, 3.05) is 29.9 Å². The molecule has 1 aromatic heterocycles. The van der Waals surface area contributed by atoms with Crippen molar-refractivity contribution in [1.29, 1.82) is 0 Å². The molecule has 10 heteroatoms. The van der Waals surface area contributed by atoms with Crippen LogP contribution in [0.15, 0.2) is 28.8 Å². The van der Waals surface area contributed by atoms with E-state index in [1.165, 1.54) is 24.3 Å². The molecule has 1 amide bonds. The van der Waals surface area contributed by atoms with Gasteiger partial charge < -0.3 is 19.5 Å². The minimum atomic E-state index is -0.799. The number of hydrogen-bond acceptors (Lipinski definition) is 8. The van der Waals surface area contributed by atoms with E-state index in [1.807, 2.05) is 4.90 Å². The predicted molar refractivity (Wildman–Crippen MR) is 94.7 cm³/mol. The van der Waals surface area contributed by atoms with Crippen molar-refractivity contribution in [3.05, 3.63) is 45.7 Å². The first-order chi connectivity index (χ1) is 12.9. The van der Waals surface area contributed by atoms with Crippen LogP contribution in [0.25, 0.3) is 0 Å². The molecule has 1 fully saturated rings. The Labute approximate surface area is 154 Å². The SMILES string of the molecule is Cc1cc(NC(=O)COC(=O)c2cc([N+](=O)[O-])ccc2N2CCCC2)no1. The maximum absolute atomic E-state index is 12.5. The number of aromatic nitrogens is 1. The van der Waals surface area contributed by atoms with Crippen molar-refractivity contribution in [2.24, 2.45) is 0 Å². The molecule has 1 aromatic carbocycles. The number of rotatable bonds is 6. The number of nitrogens with one attached hydrogen (secondary N) is 1. The van der Waals surface area contributed by atoms with Crippen LogP contribution in [0.5, 0.6) is 0 Å². The summed E-state index contributed by atoms with van der Waals surface area (Å²) in [6.45, 7) is 2.63. The van der Waals surface area contributed by atoms with Crippen molar-refractivity contribution in [2.45, 2.75) is 19.8 Å². The van der Waals surface area contributed by atoms with Gasteiger partial charge in [-0.2, -0.15) is 0 Å². The number of esters is 1. The molecule has 2 heterocycles. The molecule has 1 aliphatic heterocycles. The van der Waals surface area contributed by atoms with Crippen LogP contribution in [0.1, 0.15) is 29.0 Å². The van der Waals surface area contributed by atoms with Crippen LogP contribution in [0.3, 0.4) is 0 Å². The lowest BCUT2D eigenvalue weighted by molar-refractivity contribution is -0.384. The van der Waals surface area contributed by atoms with Crippen LogP contribution in [0.2, 0.25) is 0 Å². The average Bonchev–Trinajstić information content (AvgIpc) is 3.31. The lowest BCUT2D eigenvalue weighted by Crippen LogP contribution is -2.24. The number of nitrogens with zero attached hydrogens (tertiary/aromatic N) is 3. The highest BCUT2D eigenvalue weighted by molar-refractivity contribution is 5.99. The molecule has 1 N–H and O–H groups in total. The molecule has 27 heavy (non-hydrogen) atoms. The second kappa shape index (κ2) is 7.85. The van der Waals surface area contributed by atoms with Crippen molar-refractivity contribution >= 4 is 29.1 Å². The Balaban J connectivity index is 1.71. The smallest absolute Gasteiger partial charge is 0.341 e. The first kappa shape index (κ1) is 18.4.